The number of guanidine groups is 1. The third-order valence-corrected chi connectivity index (χ3v) is 3.42. The van der Waals surface area contributed by atoms with E-state index in [2.05, 4.69) is 21.8 Å². The highest BCUT2D eigenvalue weighted by Crippen LogP contribution is 2.26. The monoisotopic (exact) mass is 319 g/mol. The molecule has 0 radical (unpaired) electrons. The summed E-state index contributed by atoms with van der Waals surface area (Å²) in [5.74, 6) is 2.36. The maximum atomic E-state index is 5.94. The van der Waals surface area contributed by atoms with Gasteiger partial charge in [0.15, 0.2) is 17.5 Å². The molecule has 1 atom stereocenters. The van der Waals surface area contributed by atoms with E-state index >= 15 is 0 Å². The first-order valence-electron chi connectivity index (χ1n) is 7.94. The van der Waals surface area contributed by atoms with Crippen molar-refractivity contribution in [2.75, 3.05) is 34.3 Å². The molecule has 0 saturated carbocycles. The highest BCUT2D eigenvalue weighted by Gasteiger charge is 2.11. The summed E-state index contributed by atoms with van der Waals surface area (Å²) in [7, 11) is 5.47. The number of nitrogens with one attached hydrogen (secondary N) is 1. The minimum atomic E-state index is -0.00961. The van der Waals surface area contributed by atoms with Crippen molar-refractivity contribution < 1.29 is 9.47 Å². The van der Waals surface area contributed by atoms with Gasteiger partial charge in [-0.2, -0.15) is 0 Å². The molecule has 5 nitrogen and oxygen atoms in total. The number of nitrogens with zero attached hydrogens (tertiary/aromatic N) is 2. The van der Waals surface area contributed by atoms with Crippen LogP contribution >= 0.6 is 0 Å². The van der Waals surface area contributed by atoms with E-state index < -0.39 is 0 Å². The molecule has 0 saturated heterocycles. The Hall–Kier alpha value is -2.17. The van der Waals surface area contributed by atoms with Gasteiger partial charge in [0, 0.05) is 20.6 Å². The number of hydrogen-bond acceptors (Lipinski definition) is 3. The van der Waals surface area contributed by atoms with Crippen molar-refractivity contribution >= 4 is 5.96 Å². The summed E-state index contributed by atoms with van der Waals surface area (Å²) in [6.07, 6.45) is 4.00. The lowest BCUT2D eigenvalue weighted by molar-refractivity contribution is 0.212. The van der Waals surface area contributed by atoms with Crippen LogP contribution in [0, 0.1) is 0 Å². The number of para-hydroxylation sites is 2. The minimum Gasteiger partial charge on any atom is -0.493 e. The molecular formula is C18H29N3O2. The van der Waals surface area contributed by atoms with E-state index in [0.717, 1.165) is 36.8 Å². The topological polar surface area (TPSA) is 46.1 Å². The van der Waals surface area contributed by atoms with Crippen molar-refractivity contribution in [3.05, 3.63) is 36.9 Å². The van der Waals surface area contributed by atoms with Gasteiger partial charge < -0.3 is 19.7 Å². The largest absolute Gasteiger partial charge is 0.493 e. The number of allylic oxidation sites excluding steroid dienone is 1. The highest BCUT2D eigenvalue weighted by atomic mass is 16.5. The van der Waals surface area contributed by atoms with Crippen LogP contribution in [0.2, 0.25) is 0 Å². The summed E-state index contributed by atoms with van der Waals surface area (Å²) in [5.41, 5.74) is 0. The molecule has 5 heteroatoms. The van der Waals surface area contributed by atoms with E-state index in [9.17, 15) is 0 Å². The Kier molecular flexibility index (Phi) is 8.65. The normalized spacial score (nSPS) is 12.4. The zero-order chi connectivity index (χ0) is 17.1. The van der Waals surface area contributed by atoms with Gasteiger partial charge in [-0.1, -0.05) is 18.2 Å². The molecule has 1 N–H and O–H groups in total. The molecule has 1 rings (SSSR count). The molecule has 1 aromatic carbocycles. The van der Waals surface area contributed by atoms with E-state index in [1.165, 1.54) is 0 Å². The van der Waals surface area contributed by atoms with Crippen molar-refractivity contribution in [1.29, 1.82) is 0 Å². The molecule has 1 unspecified atom stereocenters. The molecule has 0 spiro atoms. The molecule has 128 valence electrons. The second-order valence-electron chi connectivity index (χ2n) is 5.36. The number of methoxy groups -OCH3 is 1. The number of benzene rings is 1. The van der Waals surface area contributed by atoms with E-state index in [0.29, 0.717) is 6.54 Å². The van der Waals surface area contributed by atoms with E-state index in [1.54, 1.807) is 14.2 Å². The molecule has 0 bridgehead atoms. The summed E-state index contributed by atoms with van der Waals surface area (Å²) in [6, 6.07) is 7.66. The van der Waals surface area contributed by atoms with Crippen LogP contribution in [-0.2, 0) is 0 Å². The molecule has 0 fully saturated rings. The number of aliphatic imine (C=N–C) groups is 1. The standard InChI is InChI=1S/C18H29N3O2/c1-6-7-10-13-21(4)18(19-3)20-14-15(2)23-17-12-9-8-11-16(17)22-5/h6,8-9,11-12,15H,1,7,10,13-14H2,2-5H3,(H,19,20). The second-order valence-corrected chi connectivity index (χ2v) is 5.36. The van der Waals surface area contributed by atoms with Crippen molar-refractivity contribution in [2.24, 2.45) is 4.99 Å². The Balaban J connectivity index is 2.47. The lowest BCUT2D eigenvalue weighted by Crippen LogP contribution is -2.43. The fourth-order valence-electron chi connectivity index (χ4n) is 2.17. The first kappa shape index (κ1) is 18.9. The third-order valence-electron chi connectivity index (χ3n) is 3.42. The van der Waals surface area contributed by atoms with Crippen LogP contribution in [0.1, 0.15) is 19.8 Å². The zero-order valence-electron chi connectivity index (χ0n) is 14.7. The van der Waals surface area contributed by atoms with Crippen LogP contribution in [-0.4, -0.2) is 51.3 Å². The fraction of sp³-hybridized carbons (Fsp3) is 0.500. The van der Waals surface area contributed by atoms with Crippen LogP contribution in [0.15, 0.2) is 41.9 Å². The molecule has 0 amide bonds. The van der Waals surface area contributed by atoms with Gasteiger partial charge in [-0.15, -0.1) is 6.58 Å². The SMILES string of the molecule is C=CCCCN(C)C(=NC)NCC(C)Oc1ccccc1OC. The predicted molar refractivity (Wildman–Crippen MR) is 96.5 cm³/mol. The summed E-state index contributed by atoms with van der Waals surface area (Å²) in [6.45, 7) is 7.36. The molecule has 1 aromatic rings. The number of rotatable bonds is 9. The van der Waals surface area contributed by atoms with Gasteiger partial charge in [0.25, 0.3) is 0 Å². The van der Waals surface area contributed by atoms with Gasteiger partial charge in [-0.25, -0.2) is 0 Å². The fourth-order valence-corrected chi connectivity index (χ4v) is 2.17. The van der Waals surface area contributed by atoms with E-state index in [1.807, 2.05) is 44.3 Å². The Labute approximate surface area is 140 Å². The smallest absolute Gasteiger partial charge is 0.193 e. The van der Waals surface area contributed by atoms with Crippen LogP contribution in [0.25, 0.3) is 0 Å². The van der Waals surface area contributed by atoms with Crippen LogP contribution in [0.4, 0.5) is 0 Å². The van der Waals surface area contributed by atoms with Crippen LogP contribution in [0.5, 0.6) is 11.5 Å². The van der Waals surface area contributed by atoms with Gasteiger partial charge in [0.2, 0.25) is 0 Å². The number of unbranched alkanes of at least 4 members (excludes halogenated alkanes) is 1. The van der Waals surface area contributed by atoms with Crippen molar-refractivity contribution in [3.8, 4) is 11.5 Å². The highest BCUT2D eigenvalue weighted by molar-refractivity contribution is 5.79. The van der Waals surface area contributed by atoms with Crippen molar-refractivity contribution in [3.63, 3.8) is 0 Å². The quantitative estimate of drug-likeness (QED) is 0.329. The van der Waals surface area contributed by atoms with Crippen LogP contribution < -0.4 is 14.8 Å². The Morgan fingerprint density at radius 2 is 2.09 bits per heavy atom. The lowest BCUT2D eigenvalue weighted by atomic mass is 10.3. The lowest BCUT2D eigenvalue weighted by Gasteiger charge is -2.24. The first-order valence-corrected chi connectivity index (χ1v) is 7.94. The number of hydrogen-bond donors (Lipinski definition) is 1. The number of ether oxygens (including phenoxy) is 2. The maximum Gasteiger partial charge on any atom is 0.193 e. The van der Waals surface area contributed by atoms with Crippen molar-refractivity contribution in [2.45, 2.75) is 25.9 Å². The molecule has 0 aliphatic carbocycles. The average molecular weight is 319 g/mol. The average Bonchev–Trinajstić information content (AvgIpc) is 2.56. The van der Waals surface area contributed by atoms with E-state index in [-0.39, 0.29) is 6.10 Å². The maximum absolute atomic E-state index is 5.94. The Bertz CT molecular complexity index is 503. The molecule has 0 aliphatic rings. The van der Waals surface area contributed by atoms with Crippen LogP contribution in [0.3, 0.4) is 0 Å². The second kappa shape index (κ2) is 10.5. The van der Waals surface area contributed by atoms with Gasteiger partial charge >= 0.3 is 0 Å². The zero-order valence-corrected chi connectivity index (χ0v) is 14.7. The summed E-state index contributed by atoms with van der Waals surface area (Å²) in [5, 5.41) is 3.34. The van der Waals surface area contributed by atoms with Gasteiger partial charge in [-0.05, 0) is 31.9 Å². The van der Waals surface area contributed by atoms with Gasteiger partial charge in [-0.3, -0.25) is 4.99 Å². The summed E-state index contributed by atoms with van der Waals surface area (Å²) >= 11 is 0. The van der Waals surface area contributed by atoms with E-state index in [4.69, 9.17) is 9.47 Å². The van der Waals surface area contributed by atoms with Gasteiger partial charge in [0.1, 0.15) is 6.10 Å². The summed E-state index contributed by atoms with van der Waals surface area (Å²) in [4.78, 5) is 6.42. The van der Waals surface area contributed by atoms with Crippen molar-refractivity contribution in [1.82, 2.24) is 10.2 Å². The summed E-state index contributed by atoms with van der Waals surface area (Å²) < 4.78 is 11.2. The molecule has 0 aromatic heterocycles. The predicted octanol–water partition coefficient (Wildman–Crippen LogP) is 2.94. The third kappa shape index (κ3) is 6.63. The Morgan fingerprint density at radius 3 is 2.70 bits per heavy atom. The van der Waals surface area contributed by atoms with Gasteiger partial charge in [0.05, 0.1) is 13.7 Å². The molecule has 23 heavy (non-hydrogen) atoms. The molecule has 0 heterocycles. The minimum absolute atomic E-state index is 0.00961. The Morgan fingerprint density at radius 1 is 1.39 bits per heavy atom. The first-order chi connectivity index (χ1) is 11.1. The molecule has 0 aliphatic heterocycles. The molecular weight excluding hydrogens is 290 g/mol.